The normalized spacial score (nSPS) is 12.8. The van der Waals surface area contributed by atoms with E-state index in [4.69, 9.17) is 9.47 Å². The SMILES string of the molecule is NN.O=c1cc1C=Cc1ccc2c(c1)OCO2. The zero-order valence-electron chi connectivity index (χ0n) is 9.05. The highest BCUT2D eigenvalue weighted by molar-refractivity contribution is 5.73. The summed E-state index contributed by atoms with van der Waals surface area (Å²) in [5.41, 5.74) is 1.89. The summed E-state index contributed by atoms with van der Waals surface area (Å²) < 4.78 is 10.4. The molecule has 0 radical (unpaired) electrons. The number of benzene rings is 1. The van der Waals surface area contributed by atoms with Crippen molar-refractivity contribution in [3.05, 3.63) is 45.6 Å². The average Bonchev–Trinajstić information content (AvgIpc) is 2.90. The lowest BCUT2D eigenvalue weighted by molar-refractivity contribution is 0.174. The minimum atomic E-state index is 0.118. The molecule has 0 spiro atoms. The van der Waals surface area contributed by atoms with Gasteiger partial charge in [-0.05, 0) is 23.8 Å². The van der Waals surface area contributed by atoms with Crippen molar-refractivity contribution in [1.29, 1.82) is 0 Å². The molecule has 1 aliphatic heterocycles. The van der Waals surface area contributed by atoms with E-state index in [1.54, 1.807) is 12.1 Å². The Hall–Kier alpha value is -2.11. The predicted molar refractivity (Wildman–Crippen MR) is 65.0 cm³/mol. The van der Waals surface area contributed by atoms with E-state index >= 15 is 0 Å². The molecule has 4 N–H and O–H groups in total. The molecule has 0 atom stereocenters. The minimum Gasteiger partial charge on any atom is -0.454 e. The van der Waals surface area contributed by atoms with E-state index in [-0.39, 0.29) is 12.2 Å². The summed E-state index contributed by atoms with van der Waals surface area (Å²) in [6, 6.07) is 7.29. The number of hydrogen-bond acceptors (Lipinski definition) is 5. The third-order valence-electron chi connectivity index (χ3n) is 2.34. The number of nitrogens with two attached hydrogens (primary N) is 2. The fourth-order valence-corrected chi connectivity index (χ4v) is 1.44. The van der Waals surface area contributed by atoms with Gasteiger partial charge in [0.25, 0.3) is 0 Å². The molecule has 0 saturated carbocycles. The van der Waals surface area contributed by atoms with Crippen molar-refractivity contribution in [1.82, 2.24) is 0 Å². The molecule has 17 heavy (non-hydrogen) atoms. The molecule has 2 aromatic rings. The monoisotopic (exact) mass is 232 g/mol. The molecule has 1 aliphatic rings. The van der Waals surface area contributed by atoms with Gasteiger partial charge in [-0.1, -0.05) is 18.2 Å². The summed E-state index contributed by atoms with van der Waals surface area (Å²) in [6.07, 6.45) is 3.69. The van der Waals surface area contributed by atoms with Crippen LogP contribution in [0.25, 0.3) is 12.2 Å². The number of fused-ring (bicyclic) bond motifs is 1. The molecule has 5 nitrogen and oxygen atoms in total. The lowest BCUT2D eigenvalue weighted by atomic mass is 10.2. The first-order valence-corrected chi connectivity index (χ1v) is 5.00. The summed E-state index contributed by atoms with van der Waals surface area (Å²) in [4.78, 5) is 10.7. The van der Waals surface area contributed by atoms with Crippen LogP contribution in [0.3, 0.4) is 0 Å². The average molecular weight is 232 g/mol. The topological polar surface area (TPSA) is 87.6 Å². The lowest BCUT2D eigenvalue weighted by Gasteiger charge is -1.96. The molecule has 0 aliphatic carbocycles. The van der Waals surface area contributed by atoms with Gasteiger partial charge in [-0.15, -0.1) is 0 Å². The summed E-state index contributed by atoms with van der Waals surface area (Å²) in [5, 5.41) is 0. The van der Waals surface area contributed by atoms with Gasteiger partial charge in [-0.2, -0.15) is 0 Å². The van der Waals surface area contributed by atoms with Crippen LogP contribution in [-0.4, -0.2) is 6.79 Å². The van der Waals surface area contributed by atoms with E-state index < -0.39 is 0 Å². The van der Waals surface area contributed by atoms with E-state index in [1.807, 2.05) is 24.3 Å². The van der Waals surface area contributed by atoms with Gasteiger partial charge in [0.2, 0.25) is 6.79 Å². The lowest BCUT2D eigenvalue weighted by Crippen LogP contribution is -2.02. The van der Waals surface area contributed by atoms with Crippen LogP contribution in [0.4, 0.5) is 0 Å². The van der Waals surface area contributed by atoms with Crippen LogP contribution in [-0.2, 0) is 0 Å². The highest BCUT2D eigenvalue weighted by atomic mass is 16.7. The van der Waals surface area contributed by atoms with Crippen LogP contribution < -0.4 is 26.6 Å². The maximum Gasteiger partial charge on any atom is 0.231 e. The van der Waals surface area contributed by atoms with Gasteiger partial charge in [-0.3, -0.25) is 16.5 Å². The van der Waals surface area contributed by atoms with Crippen molar-refractivity contribution >= 4 is 12.2 Å². The Morgan fingerprint density at radius 3 is 2.47 bits per heavy atom. The van der Waals surface area contributed by atoms with Crippen LogP contribution >= 0.6 is 0 Å². The Kier molecular flexibility index (Phi) is 3.22. The zero-order valence-corrected chi connectivity index (χ0v) is 9.05. The highest BCUT2D eigenvalue weighted by Gasteiger charge is 2.12. The van der Waals surface area contributed by atoms with Crippen molar-refractivity contribution in [2.24, 2.45) is 11.7 Å². The first-order valence-electron chi connectivity index (χ1n) is 5.00. The van der Waals surface area contributed by atoms with E-state index in [0.717, 1.165) is 22.6 Å². The molecule has 0 bridgehead atoms. The Labute approximate surface area is 97.9 Å². The highest BCUT2D eigenvalue weighted by Crippen LogP contribution is 2.32. The van der Waals surface area contributed by atoms with Crippen molar-refractivity contribution in [3.63, 3.8) is 0 Å². The summed E-state index contributed by atoms with van der Waals surface area (Å²) >= 11 is 0. The molecular weight excluding hydrogens is 220 g/mol. The van der Waals surface area contributed by atoms with E-state index in [1.165, 1.54) is 0 Å². The fraction of sp³-hybridized carbons (Fsp3) is 0.0833. The molecule has 88 valence electrons. The largest absolute Gasteiger partial charge is 0.454 e. The van der Waals surface area contributed by atoms with Gasteiger partial charge in [0.1, 0.15) is 0 Å². The second-order valence-corrected chi connectivity index (χ2v) is 3.41. The minimum absolute atomic E-state index is 0.118. The van der Waals surface area contributed by atoms with Gasteiger partial charge < -0.3 is 9.47 Å². The van der Waals surface area contributed by atoms with Crippen LogP contribution in [0, 0.1) is 0 Å². The number of rotatable bonds is 2. The molecule has 5 heteroatoms. The van der Waals surface area contributed by atoms with Gasteiger partial charge in [0.15, 0.2) is 16.9 Å². The van der Waals surface area contributed by atoms with E-state index in [9.17, 15) is 4.79 Å². The molecule has 0 fully saturated rings. The number of hydrazine groups is 1. The molecule has 0 saturated heterocycles. The first kappa shape index (κ1) is 11.4. The first-order chi connectivity index (χ1) is 8.33. The zero-order chi connectivity index (χ0) is 12.3. The fourth-order valence-electron chi connectivity index (χ4n) is 1.44. The van der Waals surface area contributed by atoms with Crippen molar-refractivity contribution in [3.8, 4) is 11.5 Å². The molecule has 2 aromatic carbocycles. The quantitative estimate of drug-likeness (QED) is 0.586. The maximum atomic E-state index is 10.7. The number of ether oxygens (including phenoxy) is 2. The maximum absolute atomic E-state index is 10.7. The Balaban J connectivity index is 0.000000514. The standard InChI is InChI=1S/C12H8O3.H4N2/c13-10-6-9(10)3-1-8-2-4-11-12(5-8)15-7-14-11;1-2/h1-6H,7H2;1-2H2. The van der Waals surface area contributed by atoms with Gasteiger partial charge in [-0.25, -0.2) is 0 Å². The second kappa shape index (κ2) is 4.82. The Morgan fingerprint density at radius 2 is 1.76 bits per heavy atom. The van der Waals surface area contributed by atoms with Crippen molar-refractivity contribution in [2.45, 2.75) is 0 Å². The molecule has 0 amide bonds. The predicted octanol–water partition coefficient (Wildman–Crippen LogP) is 0.640. The van der Waals surface area contributed by atoms with Crippen LogP contribution in [0.15, 0.2) is 29.1 Å². The second-order valence-electron chi connectivity index (χ2n) is 3.41. The van der Waals surface area contributed by atoms with Gasteiger partial charge in [0, 0.05) is 5.56 Å². The molecule has 0 unspecified atom stereocenters. The molecule has 0 aromatic heterocycles. The van der Waals surface area contributed by atoms with Crippen LogP contribution in [0.1, 0.15) is 11.1 Å². The smallest absolute Gasteiger partial charge is 0.231 e. The Morgan fingerprint density at radius 1 is 1.06 bits per heavy atom. The summed E-state index contributed by atoms with van der Waals surface area (Å²) in [7, 11) is 0. The summed E-state index contributed by atoms with van der Waals surface area (Å²) in [5.74, 6) is 9.53. The third kappa shape index (κ3) is 2.52. The molecule has 1 heterocycles. The van der Waals surface area contributed by atoms with E-state index in [0.29, 0.717) is 0 Å². The van der Waals surface area contributed by atoms with Crippen LogP contribution in [0.2, 0.25) is 0 Å². The third-order valence-corrected chi connectivity index (χ3v) is 2.34. The van der Waals surface area contributed by atoms with Gasteiger partial charge in [0.05, 0.1) is 0 Å². The molecular formula is C12H12N2O3. The summed E-state index contributed by atoms with van der Waals surface area (Å²) in [6.45, 7) is 0.284. The molecule has 3 rings (SSSR count). The van der Waals surface area contributed by atoms with Crippen LogP contribution in [0.5, 0.6) is 11.5 Å². The van der Waals surface area contributed by atoms with Crippen molar-refractivity contribution < 1.29 is 9.47 Å². The Bertz CT molecular complexity index is 554. The van der Waals surface area contributed by atoms with Crippen molar-refractivity contribution in [2.75, 3.05) is 6.79 Å². The van der Waals surface area contributed by atoms with Gasteiger partial charge >= 0.3 is 0 Å². The van der Waals surface area contributed by atoms with E-state index in [2.05, 4.69) is 11.7 Å². The number of hydrogen-bond donors (Lipinski definition) is 2.